The van der Waals surface area contributed by atoms with Crippen molar-refractivity contribution in [3.05, 3.63) is 72.1 Å². The van der Waals surface area contributed by atoms with Gasteiger partial charge in [-0.15, -0.1) is 6.58 Å². The van der Waals surface area contributed by atoms with Crippen molar-refractivity contribution in [2.45, 2.75) is 26.2 Å². The van der Waals surface area contributed by atoms with Gasteiger partial charge in [-0.25, -0.2) is 4.79 Å². The molecule has 1 N–H and O–H groups in total. The molecule has 0 aliphatic heterocycles. The third-order valence-corrected chi connectivity index (χ3v) is 3.85. The van der Waals surface area contributed by atoms with Gasteiger partial charge in [-0.1, -0.05) is 18.2 Å². The molecule has 1 aromatic heterocycles. The summed E-state index contributed by atoms with van der Waals surface area (Å²) >= 11 is 0. The van der Waals surface area contributed by atoms with Gasteiger partial charge >= 0.3 is 12.2 Å². The molecule has 0 fully saturated rings. The maximum Gasteiger partial charge on any atom is 0.416 e. The molecule has 140 valence electrons. The third kappa shape index (κ3) is 5.15. The summed E-state index contributed by atoms with van der Waals surface area (Å²) < 4.78 is 40.5. The van der Waals surface area contributed by atoms with Crippen molar-refractivity contribution in [2.75, 3.05) is 13.1 Å². The van der Waals surface area contributed by atoms with Gasteiger partial charge in [0, 0.05) is 31.5 Å². The van der Waals surface area contributed by atoms with Gasteiger partial charge in [-0.05, 0) is 36.8 Å². The van der Waals surface area contributed by atoms with E-state index in [2.05, 4.69) is 11.9 Å². The number of halogens is 3. The molecular formula is C19H22F3N3O. The molecular weight excluding hydrogens is 343 g/mol. The molecule has 0 aliphatic carbocycles. The molecule has 1 aromatic carbocycles. The number of nitrogens with one attached hydrogen (secondary N) is 1. The number of nitrogens with zero attached hydrogens (tertiary/aromatic N) is 2. The van der Waals surface area contributed by atoms with Crippen molar-refractivity contribution >= 4 is 6.03 Å². The van der Waals surface area contributed by atoms with E-state index >= 15 is 0 Å². The van der Waals surface area contributed by atoms with E-state index in [0.717, 1.165) is 17.8 Å². The van der Waals surface area contributed by atoms with E-state index < -0.39 is 11.7 Å². The minimum Gasteiger partial charge on any atom is -0.345 e. The second-order valence-corrected chi connectivity index (χ2v) is 5.83. The fourth-order valence-corrected chi connectivity index (χ4v) is 2.62. The number of urea groups is 1. The van der Waals surface area contributed by atoms with Crippen LogP contribution in [0.4, 0.5) is 18.0 Å². The van der Waals surface area contributed by atoms with Crippen LogP contribution in [0.2, 0.25) is 0 Å². The summed E-state index contributed by atoms with van der Waals surface area (Å²) in [6.45, 7) is 7.01. The summed E-state index contributed by atoms with van der Waals surface area (Å²) in [4.78, 5) is 13.7. The highest BCUT2D eigenvalue weighted by molar-refractivity contribution is 5.74. The Morgan fingerprint density at radius 1 is 1.31 bits per heavy atom. The van der Waals surface area contributed by atoms with E-state index in [-0.39, 0.29) is 6.03 Å². The monoisotopic (exact) mass is 365 g/mol. The zero-order chi connectivity index (χ0) is 19.2. The Labute approximate surface area is 150 Å². The fraction of sp³-hybridized carbons (Fsp3) is 0.316. The number of hydrogen-bond donors (Lipinski definition) is 1. The highest BCUT2D eigenvalue weighted by Gasteiger charge is 2.30. The van der Waals surface area contributed by atoms with Crippen LogP contribution in [-0.2, 0) is 19.3 Å². The molecule has 2 aromatic rings. The van der Waals surface area contributed by atoms with Crippen molar-refractivity contribution < 1.29 is 18.0 Å². The lowest BCUT2D eigenvalue weighted by molar-refractivity contribution is -0.137. The molecule has 0 saturated carbocycles. The molecule has 0 spiro atoms. The lowest BCUT2D eigenvalue weighted by Gasteiger charge is -2.22. The standard InChI is InChI=1S/C19H22F3N3O/c1-3-10-25(18(26)23-4-2)14-17-9-6-11-24(17)13-15-7-5-8-16(12-15)19(20,21)22/h3,5-9,11-12H,1,4,10,13-14H2,2H3,(H,23,26). The second kappa shape index (κ2) is 8.60. The second-order valence-electron chi connectivity index (χ2n) is 5.83. The van der Waals surface area contributed by atoms with Gasteiger partial charge in [0.2, 0.25) is 0 Å². The first-order chi connectivity index (χ1) is 12.3. The Kier molecular flexibility index (Phi) is 6.49. The van der Waals surface area contributed by atoms with E-state index in [1.807, 2.05) is 23.6 Å². The van der Waals surface area contributed by atoms with Gasteiger partial charge in [-0.3, -0.25) is 0 Å². The maximum absolute atomic E-state index is 12.9. The SMILES string of the molecule is C=CCN(Cc1cccn1Cc1cccc(C(F)(F)F)c1)C(=O)NCC. The molecule has 0 radical (unpaired) electrons. The van der Waals surface area contributed by atoms with E-state index in [4.69, 9.17) is 0 Å². The fourth-order valence-electron chi connectivity index (χ4n) is 2.62. The van der Waals surface area contributed by atoms with Crippen molar-refractivity contribution in [1.29, 1.82) is 0 Å². The van der Waals surface area contributed by atoms with Crippen LogP contribution in [0, 0.1) is 0 Å². The number of carbonyl (C=O) groups excluding carboxylic acids is 1. The normalized spacial score (nSPS) is 11.2. The van der Waals surface area contributed by atoms with Gasteiger partial charge in [0.05, 0.1) is 12.1 Å². The summed E-state index contributed by atoms with van der Waals surface area (Å²) in [6, 6.07) is 8.72. The number of aromatic nitrogens is 1. The summed E-state index contributed by atoms with van der Waals surface area (Å²) in [5, 5.41) is 2.74. The summed E-state index contributed by atoms with van der Waals surface area (Å²) in [7, 11) is 0. The Morgan fingerprint density at radius 2 is 2.08 bits per heavy atom. The molecule has 0 aliphatic rings. The van der Waals surface area contributed by atoms with Crippen molar-refractivity contribution in [1.82, 2.24) is 14.8 Å². The molecule has 0 unspecified atom stereocenters. The topological polar surface area (TPSA) is 37.3 Å². The first-order valence-corrected chi connectivity index (χ1v) is 8.29. The molecule has 0 saturated heterocycles. The Balaban J connectivity index is 2.17. The number of alkyl halides is 3. The van der Waals surface area contributed by atoms with Crippen LogP contribution in [-0.4, -0.2) is 28.6 Å². The van der Waals surface area contributed by atoms with Gasteiger partial charge in [-0.2, -0.15) is 13.2 Å². The van der Waals surface area contributed by atoms with Crippen LogP contribution in [0.3, 0.4) is 0 Å². The van der Waals surface area contributed by atoms with E-state index in [1.54, 1.807) is 23.2 Å². The van der Waals surface area contributed by atoms with Crippen molar-refractivity contribution in [2.24, 2.45) is 0 Å². The Morgan fingerprint density at radius 3 is 2.73 bits per heavy atom. The molecule has 0 bridgehead atoms. The molecule has 1 heterocycles. The first-order valence-electron chi connectivity index (χ1n) is 8.29. The van der Waals surface area contributed by atoms with Crippen LogP contribution in [0.1, 0.15) is 23.7 Å². The number of benzene rings is 1. The molecule has 2 rings (SSSR count). The molecule has 7 heteroatoms. The minimum atomic E-state index is -4.37. The number of amides is 2. The zero-order valence-corrected chi connectivity index (χ0v) is 14.6. The minimum absolute atomic E-state index is 0.209. The smallest absolute Gasteiger partial charge is 0.345 e. The zero-order valence-electron chi connectivity index (χ0n) is 14.6. The van der Waals surface area contributed by atoms with Crippen LogP contribution in [0.5, 0.6) is 0 Å². The number of carbonyl (C=O) groups is 1. The van der Waals surface area contributed by atoms with E-state index in [9.17, 15) is 18.0 Å². The van der Waals surface area contributed by atoms with Crippen LogP contribution >= 0.6 is 0 Å². The Hall–Kier alpha value is -2.70. The first kappa shape index (κ1) is 19.6. The highest BCUT2D eigenvalue weighted by atomic mass is 19.4. The molecule has 26 heavy (non-hydrogen) atoms. The molecule has 4 nitrogen and oxygen atoms in total. The average molecular weight is 365 g/mol. The lowest BCUT2D eigenvalue weighted by Crippen LogP contribution is -2.39. The van der Waals surface area contributed by atoms with Crippen molar-refractivity contribution in [3.63, 3.8) is 0 Å². The van der Waals surface area contributed by atoms with Gasteiger partial charge in [0.15, 0.2) is 0 Å². The Bertz CT molecular complexity index is 752. The number of rotatable bonds is 7. The van der Waals surface area contributed by atoms with Crippen LogP contribution in [0.25, 0.3) is 0 Å². The van der Waals surface area contributed by atoms with Gasteiger partial charge < -0.3 is 14.8 Å². The predicted octanol–water partition coefficient (Wildman–Crippen LogP) is 4.27. The highest BCUT2D eigenvalue weighted by Crippen LogP contribution is 2.29. The summed E-state index contributed by atoms with van der Waals surface area (Å²) in [5.74, 6) is 0. The quantitative estimate of drug-likeness (QED) is 0.731. The van der Waals surface area contributed by atoms with Crippen LogP contribution < -0.4 is 5.32 Å². The largest absolute Gasteiger partial charge is 0.416 e. The van der Waals surface area contributed by atoms with Gasteiger partial charge in [0.1, 0.15) is 0 Å². The summed E-state index contributed by atoms with van der Waals surface area (Å²) in [6.07, 6.45) is -0.941. The maximum atomic E-state index is 12.9. The predicted molar refractivity (Wildman–Crippen MR) is 94.7 cm³/mol. The van der Waals surface area contributed by atoms with E-state index in [0.29, 0.717) is 31.7 Å². The molecule has 2 amide bonds. The summed E-state index contributed by atoms with van der Waals surface area (Å²) in [5.41, 5.74) is 0.709. The van der Waals surface area contributed by atoms with E-state index in [1.165, 1.54) is 6.07 Å². The number of hydrogen-bond acceptors (Lipinski definition) is 1. The van der Waals surface area contributed by atoms with Gasteiger partial charge in [0.25, 0.3) is 0 Å². The van der Waals surface area contributed by atoms with Crippen molar-refractivity contribution in [3.8, 4) is 0 Å². The van der Waals surface area contributed by atoms with Crippen LogP contribution in [0.15, 0.2) is 55.3 Å². The third-order valence-electron chi connectivity index (χ3n) is 3.85. The average Bonchev–Trinajstić information content (AvgIpc) is 3.01. The molecule has 0 atom stereocenters. The lowest BCUT2D eigenvalue weighted by atomic mass is 10.1.